The van der Waals surface area contributed by atoms with Crippen LogP contribution in [-0.2, 0) is 24.3 Å². The number of aromatic amines is 1. The molecule has 1 fully saturated rings. The van der Waals surface area contributed by atoms with Gasteiger partial charge in [0.2, 0.25) is 5.91 Å². The fraction of sp³-hybridized carbons (Fsp3) is 0.308. The Balaban J connectivity index is 1.54. The molecule has 0 spiro atoms. The van der Waals surface area contributed by atoms with E-state index in [0.717, 1.165) is 16.6 Å². The van der Waals surface area contributed by atoms with Gasteiger partial charge < -0.3 is 15.4 Å². The summed E-state index contributed by atoms with van der Waals surface area (Å²) in [5, 5.41) is 12.2. The second-order valence-electron chi connectivity index (χ2n) is 9.25. The number of rotatable bonds is 8. The van der Waals surface area contributed by atoms with Crippen molar-refractivity contribution in [3.05, 3.63) is 92.1 Å². The SMILES string of the molecule is CC(=O)Nc1ccc(Cc2nc3c([nH]2)c(=O)n(Cc2ccccc2F)c(=O)n3CC2C[C@@H]2CO)cc1. The number of amides is 1. The molecule has 0 radical (unpaired) electrons. The Morgan fingerprint density at radius 3 is 2.56 bits per heavy atom. The molecule has 4 aromatic rings. The minimum atomic E-state index is -0.566. The molecule has 186 valence electrons. The van der Waals surface area contributed by atoms with Crippen LogP contribution >= 0.6 is 0 Å². The Kier molecular flexibility index (Phi) is 6.27. The van der Waals surface area contributed by atoms with Gasteiger partial charge in [-0.15, -0.1) is 0 Å². The van der Waals surface area contributed by atoms with Crippen LogP contribution in [0.2, 0.25) is 0 Å². The Bertz CT molecular complexity index is 1550. The molecular formula is C26H26FN5O4. The number of imidazole rings is 1. The molecule has 10 heteroatoms. The number of carbonyl (C=O) groups excluding carboxylic acids is 1. The summed E-state index contributed by atoms with van der Waals surface area (Å²) in [7, 11) is 0. The Morgan fingerprint density at radius 1 is 1.14 bits per heavy atom. The Labute approximate surface area is 205 Å². The number of hydrogen-bond acceptors (Lipinski definition) is 5. The summed E-state index contributed by atoms with van der Waals surface area (Å²) in [5.41, 5.74) is 1.11. The van der Waals surface area contributed by atoms with Crippen molar-refractivity contribution < 1.29 is 14.3 Å². The normalized spacial score (nSPS) is 16.9. The zero-order chi connectivity index (χ0) is 25.4. The van der Waals surface area contributed by atoms with E-state index in [0.29, 0.717) is 24.5 Å². The van der Waals surface area contributed by atoms with Gasteiger partial charge >= 0.3 is 5.69 Å². The van der Waals surface area contributed by atoms with Gasteiger partial charge in [0.05, 0.1) is 6.54 Å². The van der Waals surface area contributed by atoms with Crippen molar-refractivity contribution in [2.45, 2.75) is 32.9 Å². The number of carbonyl (C=O) groups is 1. The predicted molar refractivity (Wildman–Crippen MR) is 132 cm³/mol. The molecule has 1 amide bonds. The minimum Gasteiger partial charge on any atom is -0.396 e. The number of aliphatic hydroxyl groups excluding tert-OH is 1. The maximum atomic E-state index is 14.3. The van der Waals surface area contributed by atoms with E-state index in [4.69, 9.17) is 0 Å². The maximum absolute atomic E-state index is 14.3. The summed E-state index contributed by atoms with van der Waals surface area (Å²) in [6.45, 7) is 1.59. The molecular weight excluding hydrogens is 465 g/mol. The Hall–Kier alpha value is -4.05. The van der Waals surface area contributed by atoms with Gasteiger partial charge in [-0.1, -0.05) is 30.3 Å². The smallest absolute Gasteiger partial charge is 0.333 e. The maximum Gasteiger partial charge on any atom is 0.333 e. The lowest BCUT2D eigenvalue weighted by Crippen LogP contribution is -2.41. The highest BCUT2D eigenvalue weighted by atomic mass is 19.1. The highest BCUT2D eigenvalue weighted by molar-refractivity contribution is 5.88. The third-order valence-electron chi connectivity index (χ3n) is 6.56. The number of H-pyrrole nitrogens is 1. The van der Waals surface area contributed by atoms with Crippen molar-refractivity contribution in [3.8, 4) is 0 Å². The molecule has 1 aliphatic rings. The van der Waals surface area contributed by atoms with Crippen LogP contribution in [0.3, 0.4) is 0 Å². The van der Waals surface area contributed by atoms with Gasteiger partial charge in [-0.25, -0.2) is 14.2 Å². The molecule has 1 unspecified atom stereocenters. The van der Waals surface area contributed by atoms with E-state index in [1.165, 1.54) is 17.6 Å². The highest BCUT2D eigenvalue weighted by Gasteiger charge is 2.37. The number of benzene rings is 2. The lowest BCUT2D eigenvalue weighted by atomic mass is 10.1. The van der Waals surface area contributed by atoms with Gasteiger partial charge in [0.1, 0.15) is 17.2 Å². The lowest BCUT2D eigenvalue weighted by Gasteiger charge is -2.11. The minimum absolute atomic E-state index is 0.0394. The second-order valence-corrected chi connectivity index (χ2v) is 9.25. The van der Waals surface area contributed by atoms with E-state index >= 15 is 0 Å². The number of anilines is 1. The molecule has 2 aromatic heterocycles. The quantitative estimate of drug-likeness (QED) is 0.349. The molecule has 1 saturated carbocycles. The van der Waals surface area contributed by atoms with Gasteiger partial charge in [0, 0.05) is 37.7 Å². The first-order chi connectivity index (χ1) is 17.3. The summed E-state index contributed by atoms with van der Waals surface area (Å²) in [6, 6.07) is 13.3. The first kappa shape index (κ1) is 23.7. The number of fused-ring (bicyclic) bond motifs is 1. The molecule has 0 aliphatic heterocycles. The van der Waals surface area contributed by atoms with Crippen LogP contribution in [0, 0.1) is 17.7 Å². The van der Waals surface area contributed by atoms with E-state index in [2.05, 4.69) is 15.3 Å². The molecule has 3 N–H and O–H groups in total. The van der Waals surface area contributed by atoms with Crippen molar-refractivity contribution >= 4 is 22.8 Å². The van der Waals surface area contributed by atoms with Crippen LogP contribution in [0.5, 0.6) is 0 Å². The largest absolute Gasteiger partial charge is 0.396 e. The fourth-order valence-electron chi connectivity index (χ4n) is 4.49. The topological polar surface area (TPSA) is 122 Å². The summed E-state index contributed by atoms with van der Waals surface area (Å²) in [6.07, 6.45) is 1.16. The van der Waals surface area contributed by atoms with E-state index in [1.54, 1.807) is 30.3 Å². The summed E-state index contributed by atoms with van der Waals surface area (Å²) in [4.78, 5) is 45.6. The van der Waals surface area contributed by atoms with Crippen molar-refractivity contribution in [2.24, 2.45) is 11.8 Å². The van der Waals surface area contributed by atoms with Crippen LogP contribution in [0.1, 0.15) is 30.3 Å². The third-order valence-corrected chi connectivity index (χ3v) is 6.56. The number of halogens is 1. The van der Waals surface area contributed by atoms with Crippen LogP contribution in [0.25, 0.3) is 11.2 Å². The number of aromatic nitrogens is 4. The first-order valence-corrected chi connectivity index (χ1v) is 11.8. The van der Waals surface area contributed by atoms with E-state index < -0.39 is 17.1 Å². The molecule has 0 saturated heterocycles. The number of aliphatic hydroxyl groups is 1. The standard InChI is InChI=1S/C26H26FN5O4/c1-15(34)28-20-8-6-16(7-9-20)10-22-29-23-24(30-22)31(13-18-11-19(18)14-33)26(36)32(25(23)35)12-17-4-2-3-5-21(17)27/h2-9,18-19,33H,10-14H2,1H3,(H,28,34)(H,29,30)/t18?,19-/m1/s1. The average molecular weight is 492 g/mol. The van der Waals surface area contributed by atoms with Gasteiger partial charge in [0.15, 0.2) is 5.65 Å². The zero-order valence-corrected chi connectivity index (χ0v) is 19.7. The molecule has 36 heavy (non-hydrogen) atoms. The van der Waals surface area contributed by atoms with Gasteiger partial charge in [-0.05, 0) is 42.0 Å². The summed E-state index contributed by atoms with van der Waals surface area (Å²) >= 11 is 0. The van der Waals surface area contributed by atoms with Crippen LogP contribution < -0.4 is 16.6 Å². The van der Waals surface area contributed by atoms with Crippen LogP contribution in [-0.4, -0.2) is 36.7 Å². The highest BCUT2D eigenvalue weighted by Crippen LogP contribution is 2.39. The van der Waals surface area contributed by atoms with Crippen molar-refractivity contribution in [1.82, 2.24) is 19.1 Å². The van der Waals surface area contributed by atoms with Gasteiger partial charge in [-0.2, -0.15) is 0 Å². The summed E-state index contributed by atoms with van der Waals surface area (Å²) in [5.74, 6) is 0.0617. The van der Waals surface area contributed by atoms with Gasteiger partial charge in [-0.3, -0.25) is 18.7 Å². The monoisotopic (exact) mass is 491 g/mol. The molecule has 2 heterocycles. The first-order valence-electron chi connectivity index (χ1n) is 11.8. The van der Waals surface area contributed by atoms with Crippen molar-refractivity contribution in [2.75, 3.05) is 11.9 Å². The number of nitrogens with zero attached hydrogens (tertiary/aromatic N) is 3. The van der Waals surface area contributed by atoms with Crippen molar-refractivity contribution in [1.29, 1.82) is 0 Å². The average Bonchev–Trinajstić information content (AvgIpc) is 3.49. The fourth-order valence-corrected chi connectivity index (χ4v) is 4.49. The second kappa shape index (κ2) is 9.54. The van der Waals surface area contributed by atoms with Crippen LogP contribution in [0.15, 0.2) is 58.1 Å². The zero-order valence-electron chi connectivity index (χ0n) is 19.7. The van der Waals surface area contributed by atoms with E-state index in [-0.39, 0.29) is 47.6 Å². The van der Waals surface area contributed by atoms with E-state index in [9.17, 15) is 23.9 Å². The summed E-state index contributed by atoms with van der Waals surface area (Å²) < 4.78 is 16.8. The predicted octanol–water partition coefficient (Wildman–Crippen LogP) is 2.25. The molecule has 2 atom stereocenters. The number of nitrogens with one attached hydrogen (secondary N) is 2. The molecule has 5 rings (SSSR count). The van der Waals surface area contributed by atoms with Crippen LogP contribution in [0.4, 0.5) is 10.1 Å². The Morgan fingerprint density at radius 2 is 1.89 bits per heavy atom. The lowest BCUT2D eigenvalue weighted by molar-refractivity contribution is -0.114. The molecule has 9 nitrogen and oxygen atoms in total. The van der Waals surface area contributed by atoms with E-state index in [1.807, 2.05) is 12.1 Å². The molecule has 2 aromatic carbocycles. The van der Waals surface area contributed by atoms with Gasteiger partial charge in [0.25, 0.3) is 5.56 Å². The third kappa shape index (κ3) is 4.72. The molecule has 1 aliphatic carbocycles. The van der Waals surface area contributed by atoms with Crippen molar-refractivity contribution in [3.63, 3.8) is 0 Å². The number of hydrogen-bond donors (Lipinski definition) is 3. The molecule has 0 bridgehead atoms.